The van der Waals surface area contributed by atoms with Crippen LogP contribution in [0.25, 0.3) is 33.3 Å². The number of rotatable bonds is 8. The highest BCUT2D eigenvalue weighted by Crippen LogP contribution is 2.47. The molecule has 0 aliphatic carbocycles. The Morgan fingerprint density at radius 1 is 0.897 bits per heavy atom. The summed E-state index contributed by atoms with van der Waals surface area (Å²) in [7, 11) is -4.11. The Kier molecular flexibility index (Phi) is 7.17. The van der Waals surface area contributed by atoms with Crippen molar-refractivity contribution in [3.63, 3.8) is 0 Å². The first kappa shape index (κ1) is 26.8. The van der Waals surface area contributed by atoms with E-state index < -0.39 is 19.0 Å². The van der Waals surface area contributed by atoms with Crippen LogP contribution in [-0.2, 0) is 9.09 Å². The molecule has 1 aromatic heterocycles. The summed E-state index contributed by atoms with van der Waals surface area (Å²) in [5.41, 5.74) is 3.49. The van der Waals surface area contributed by atoms with Gasteiger partial charge in [0.15, 0.2) is 0 Å². The molecule has 5 aromatic rings. The van der Waals surface area contributed by atoms with Crippen LogP contribution < -0.4 is 10.0 Å². The van der Waals surface area contributed by atoms with E-state index in [0.29, 0.717) is 22.3 Å². The van der Waals surface area contributed by atoms with Gasteiger partial charge in [-0.1, -0.05) is 74.5 Å². The van der Waals surface area contributed by atoms with Crippen LogP contribution in [0.3, 0.4) is 0 Å². The third-order valence-electron chi connectivity index (χ3n) is 6.96. The lowest BCUT2D eigenvalue weighted by Crippen LogP contribution is -2.31. The normalized spacial score (nSPS) is 13.5. The van der Waals surface area contributed by atoms with E-state index in [-0.39, 0.29) is 17.2 Å². The van der Waals surface area contributed by atoms with Gasteiger partial charge in [-0.05, 0) is 60.7 Å². The molecule has 0 spiro atoms. The molecule has 0 bridgehead atoms. The number of H-pyrrole nitrogens is 1. The predicted molar refractivity (Wildman–Crippen MR) is 153 cm³/mol. The van der Waals surface area contributed by atoms with Crippen molar-refractivity contribution >= 4 is 23.9 Å². The van der Waals surface area contributed by atoms with Crippen molar-refractivity contribution in [1.29, 1.82) is 0 Å². The predicted octanol–water partition coefficient (Wildman–Crippen LogP) is 8.09. The van der Waals surface area contributed by atoms with Crippen LogP contribution in [0.2, 0.25) is 0 Å². The summed E-state index contributed by atoms with van der Waals surface area (Å²) < 4.78 is 39.6. The summed E-state index contributed by atoms with van der Waals surface area (Å²) >= 11 is 0. The first-order chi connectivity index (χ1) is 18.5. The summed E-state index contributed by atoms with van der Waals surface area (Å²) in [6.07, 6.45) is 0. The average Bonchev–Trinajstić information content (AvgIpc) is 3.29. The monoisotopic (exact) mass is 544 g/mol. The summed E-state index contributed by atoms with van der Waals surface area (Å²) in [5, 5.41) is 0.108. The zero-order valence-corrected chi connectivity index (χ0v) is 23.1. The van der Waals surface area contributed by atoms with E-state index in [1.54, 1.807) is 32.0 Å². The van der Waals surface area contributed by atoms with Crippen molar-refractivity contribution in [2.24, 2.45) is 5.92 Å². The number of hydrogen-bond acceptors (Lipinski definition) is 4. The molecule has 1 heterocycles. The largest absolute Gasteiger partial charge is 0.426 e. The minimum absolute atomic E-state index is 0.0278. The van der Waals surface area contributed by atoms with Gasteiger partial charge in [-0.25, -0.2) is 4.39 Å². The van der Waals surface area contributed by atoms with Gasteiger partial charge in [-0.3, -0.25) is 9.09 Å². The number of aromatic nitrogens is 2. The van der Waals surface area contributed by atoms with Gasteiger partial charge in [0.25, 0.3) is 6.01 Å². The highest BCUT2D eigenvalue weighted by atomic mass is 31.2. The fourth-order valence-electron chi connectivity index (χ4n) is 4.06. The summed E-state index contributed by atoms with van der Waals surface area (Å²) in [6.45, 7) is 7.41. The first-order valence-electron chi connectivity index (χ1n) is 12.7. The summed E-state index contributed by atoms with van der Waals surface area (Å²) in [4.78, 5) is 18.1. The number of nitrogens with one attached hydrogen (secondary N) is 1. The molecular formula is C31H30FN2O4P. The molecule has 6 nitrogen and oxygen atoms in total. The van der Waals surface area contributed by atoms with Gasteiger partial charge in [0.1, 0.15) is 11.6 Å². The molecule has 0 saturated carbocycles. The highest BCUT2D eigenvalue weighted by molar-refractivity contribution is 7.61. The number of imidazole rings is 1. The van der Waals surface area contributed by atoms with Gasteiger partial charge in [-0.2, -0.15) is 4.98 Å². The fourth-order valence-corrected chi connectivity index (χ4v) is 5.58. The zero-order valence-electron chi connectivity index (χ0n) is 22.2. The number of halogens is 1. The van der Waals surface area contributed by atoms with Gasteiger partial charge >= 0.3 is 7.60 Å². The van der Waals surface area contributed by atoms with Gasteiger partial charge in [-0.15, -0.1) is 0 Å². The van der Waals surface area contributed by atoms with E-state index in [2.05, 4.69) is 9.97 Å². The molecule has 4 aromatic carbocycles. The van der Waals surface area contributed by atoms with E-state index in [4.69, 9.17) is 9.26 Å². The Hall–Kier alpha value is -3.77. The Bertz CT molecular complexity index is 1660. The van der Waals surface area contributed by atoms with Crippen LogP contribution in [0.15, 0.2) is 91.0 Å². The Morgan fingerprint density at radius 3 is 2.26 bits per heavy atom. The van der Waals surface area contributed by atoms with Gasteiger partial charge < -0.3 is 14.6 Å². The molecule has 2 N–H and O–H groups in total. The van der Waals surface area contributed by atoms with E-state index >= 15 is 4.39 Å². The Balaban J connectivity index is 1.39. The van der Waals surface area contributed by atoms with Crippen molar-refractivity contribution in [3.8, 4) is 34.0 Å². The molecular weight excluding hydrogens is 514 g/mol. The van der Waals surface area contributed by atoms with E-state index in [9.17, 15) is 9.46 Å². The molecule has 39 heavy (non-hydrogen) atoms. The third kappa shape index (κ3) is 5.81. The maximum absolute atomic E-state index is 15.1. The number of ether oxygens (including phenoxy) is 1. The van der Waals surface area contributed by atoms with Gasteiger partial charge in [0.2, 0.25) is 0 Å². The molecule has 0 radical (unpaired) electrons. The van der Waals surface area contributed by atoms with Gasteiger partial charge in [0.05, 0.1) is 21.9 Å². The van der Waals surface area contributed by atoms with Crippen LogP contribution in [0.1, 0.15) is 27.7 Å². The number of fused-ring (bicyclic) bond motifs is 1. The van der Waals surface area contributed by atoms with Gasteiger partial charge in [0, 0.05) is 11.6 Å². The standard InChI is InChI=1S/C31H30FN2O4P/c1-20(2)31(3,4)38-39(35,36)25-12-8-11-24(17-25)37-30-33-28-18-26(27(32)19-29(28)34-30)23-15-13-22(14-16-23)21-9-6-5-7-10-21/h5-20H,1-4H3,(H,33,34)(H,35,36). The fraction of sp³-hybridized carbons (Fsp3) is 0.194. The van der Waals surface area contributed by atoms with E-state index in [1.165, 1.54) is 18.2 Å². The van der Waals surface area contributed by atoms with Crippen LogP contribution in [0.4, 0.5) is 4.39 Å². The Morgan fingerprint density at radius 2 is 1.56 bits per heavy atom. The topological polar surface area (TPSA) is 84.4 Å². The van der Waals surface area contributed by atoms with Crippen LogP contribution in [-0.4, -0.2) is 20.5 Å². The van der Waals surface area contributed by atoms with E-state index in [0.717, 1.165) is 16.7 Å². The molecule has 8 heteroatoms. The second-order valence-electron chi connectivity index (χ2n) is 10.3. The lowest BCUT2D eigenvalue weighted by Gasteiger charge is -2.31. The molecule has 0 fully saturated rings. The number of benzene rings is 4. The van der Waals surface area contributed by atoms with E-state index in [1.807, 2.05) is 68.4 Å². The molecule has 200 valence electrons. The number of hydrogen-bond donors (Lipinski definition) is 2. The zero-order chi connectivity index (χ0) is 27.8. The minimum Gasteiger partial charge on any atom is -0.426 e. The number of aromatic amines is 1. The molecule has 1 unspecified atom stereocenters. The van der Waals surface area contributed by atoms with Crippen LogP contribution in [0.5, 0.6) is 11.8 Å². The van der Waals surface area contributed by atoms with Crippen molar-refractivity contribution in [1.82, 2.24) is 9.97 Å². The quantitative estimate of drug-likeness (QED) is 0.193. The van der Waals surface area contributed by atoms with Crippen LogP contribution in [0, 0.1) is 11.7 Å². The summed E-state index contributed by atoms with van der Waals surface area (Å²) in [6, 6.07) is 27.1. The summed E-state index contributed by atoms with van der Waals surface area (Å²) in [5.74, 6) is -0.0673. The van der Waals surface area contributed by atoms with Crippen LogP contribution >= 0.6 is 7.60 Å². The molecule has 0 aliphatic heterocycles. The van der Waals surface area contributed by atoms with Crippen molar-refractivity contribution in [3.05, 3.63) is 96.8 Å². The SMILES string of the molecule is CC(C)C(C)(C)OP(=O)(O)c1cccc(Oc2nc3cc(-c4ccc(-c5ccccc5)cc4)c(F)cc3[nH]2)c1. The second-order valence-corrected chi connectivity index (χ2v) is 12.0. The lowest BCUT2D eigenvalue weighted by molar-refractivity contribution is 0.0511. The molecule has 0 amide bonds. The molecule has 1 atom stereocenters. The molecule has 0 aliphatic rings. The highest BCUT2D eigenvalue weighted by Gasteiger charge is 2.34. The first-order valence-corrected chi connectivity index (χ1v) is 14.3. The van der Waals surface area contributed by atoms with Crippen molar-refractivity contribution in [2.75, 3.05) is 0 Å². The van der Waals surface area contributed by atoms with Crippen molar-refractivity contribution in [2.45, 2.75) is 33.3 Å². The minimum atomic E-state index is -4.11. The third-order valence-corrected chi connectivity index (χ3v) is 8.61. The number of nitrogens with zero attached hydrogens (tertiary/aromatic N) is 1. The molecule has 0 saturated heterocycles. The second kappa shape index (κ2) is 10.4. The van der Waals surface area contributed by atoms with Crippen molar-refractivity contribution < 1.29 is 23.1 Å². The maximum Gasteiger partial charge on any atom is 0.359 e. The Labute approximate surface area is 227 Å². The lowest BCUT2D eigenvalue weighted by atomic mass is 9.95. The smallest absolute Gasteiger partial charge is 0.359 e. The average molecular weight is 545 g/mol. The molecule has 5 rings (SSSR count). The maximum atomic E-state index is 15.1.